The quantitative estimate of drug-likeness (QED) is 0.811. The van der Waals surface area contributed by atoms with Crippen molar-refractivity contribution >= 4 is 23.2 Å². The first-order valence-corrected chi connectivity index (χ1v) is 5.54. The van der Waals surface area contributed by atoms with Crippen molar-refractivity contribution in [2.45, 2.75) is 20.8 Å². The summed E-state index contributed by atoms with van der Waals surface area (Å²) in [7, 11) is 0. The Morgan fingerprint density at radius 2 is 2.12 bits per heavy atom. The van der Waals surface area contributed by atoms with Crippen LogP contribution in [0, 0.1) is 18.2 Å². The van der Waals surface area contributed by atoms with Crippen LogP contribution >= 0.6 is 11.6 Å². The number of hydrogen-bond acceptors (Lipinski definition) is 1. The molecule has 0 aliphatic carbocycles. The van der Waals surface area contributed by atoms with E-state index in [1.54, 1.807) is 32.9 Å². The van der Waals surface area contributed by atoms with Crippen molar-refractivity contribution in [3.63, 3.8) is 0 Å². The topological polar surface area (TPSA) is 29.1 Å². The third-order valence-electron chi connectivity index (χ3n) is 2.32. The molecule has 0 heterocycles. The lowest BCUT2D eigenvalue weighted by atomic mass is 9.95. The molecule has 0 saturated heterocycles. The molecule has 0 aliphatic rings. The van der Waals surface area contributed by atoms with Crippen molar-refractivity contribution in [3.8, 4) is 0 Å². The molecule has 2 nitrogen and oxygen atoms in total. The number of halogens is 2. The van der Waals surface area contributed by atoms with E-state index in [-0.39, 0.29) is 17.5 Å². The minimum absolute atomic E-state index is 0.187. The molecule has 1 amide bonds. The van der Waals surface area contributed by atoms with Gasteiger partial charge in [-0.15, -0.1) is 11.6 Å². The van der Waals surface area contributed by atoms with Crippen LogP contribution in [0.2, 0.25) is 0 Å². The molecule has 88 valence electrons. The molecule has 1 rings (SSSR count). The van der Waals surface area contributed by atoms with Gasteiger partial charge in [-0.25, -0.2) is 4.39 Å². The SMILES string of the molecule is Cc1ccc(NC(=O)C(C)(C)CCl)c(F)c1. The second-order valence-electron chi connectivity index (χ2n) is 4.45. The summed E-state index contributed by atoms with van der Waals surface area (Å²) < 4.78 is 13.5. The van der Waals surface area contributed by atoms with Gasteiger partial charge in [-0.1, -0.05) is 6.07 Å². The summed E-state index contributed by atoms with van der Waals surface area (Å²) in [6.45, 7) is 5.21. The minimum Gasteiger partial charge on any atom is -0.323 e. The van der Waals surface area contributed by atoms with E-state index >= 15 is 0 Å². The zero-order valence-corrected chi connectivity index (χ0v) is 10.4. The molecule has 0 bridgehead atoms. The van der Waals surface area contributed by atoms with Gasteiger partial charge in [0, 0.05) is 5.88 Å². The number of hydrogen-bond donors (Lipinski definition) is 1. The molecule has 1 aromatic rings. The van der Waals surface area contributed by atoms with Crippen LogP contribution in [0.1, 0.15) is 19.4 Å². The zero-order chi connectivity index (χ0) is 12.3. The number of aryl methyl sites for hydroxylation is 1. The second-order valence-corrected chi connectivity index (χ2v) is 4.72. The number of benzene rings is 1. The molecule has 16 heavy (non-hydrogen) atoms. The third kappa shape index (κ3) is 2.95. The average Bonchev–Trinajstić information content (AvgIpc) is 2.22. The number of amides is 1. The first-order valence-electron chi connectivity index (χ1n) is 5.00. The Morgan fingerprint density at radius 1 is 1.50 bits per heavy atom. The maximum absolute atomic E-state index is 13.5. The fourth-order valence-electron chi connectivity index (χ4n) is 1.07. The van der Waals surface area contributed by atoms with Crippen LogP contribution in [0.4, 0.5) is 10.1 Å². The van der Waals surface area contributed by atoms with Crippen molar-refractivity contribution in [2.75, 3.05) is 11.2 Å². The van der Waals surface area contributed by atoms with Gasteiger partial charge in [0.2, 0.25) is 5.91 Å². The van der Waals surface area contributed by atoms with Gasteiger partial charge in [0.05, 0.1) is 11.1 Å². The van der Waals surface area contributed by atoms with E-state index in [0.29, 0.717) is 0 Å². The summed E-state index contributed by atoms with van der Waals surface area (Å²) in [5.41, 5.74) is 0.291. The van der Waals surface area contributed by atoms with Crippen molar-refractivity contribution < 1.29 is 9.18 Å². The van der Waals surface area contributed by atoms with Crippen LogP contribution < -0.4 is 5.32 Å². The lowest BCUT2D eigenvalue weighted by molar-refractivity contribution is -0.123. The molecule has 0 fully saturated rings. The number of alkyl halides is 1. The monoisotopic (exact) mass is 243 g/mol. The fourth-order valence-corrected chi connectivity index (χ4v) is 1.20. The molecule has 0 aliphatic heterocycles. The summed E-state index contributed by atoms with van der Waals surface area (Å²) in [4.78, 5) is 11.7. The number of carbonyl (C=O) groups is 1. The van der Waals surface area contributed by atoms with Crippen molar-refractivity contribution in [2.24, 2.45) is 5.41 Å². The van der Waals surface area contributed by atoms with Gasteiger partial charge in [0.15, 0.2) is 0 Å². The molecule has 1 N–H and O–H groups in total. The van der Waals surface area contributed by atoms with Crippen LogP contribution in [0.3, 0.4) is 0 Å². The molecule has 4 heteroatoms. The van der Waals surface area contributed by atoms with E-state index in [0.717, 1.165) is 5.56 Å². The lowest BCUT2D eigenvalue weighted by Gasteiger charge is -2.20. The highest BCUT2D eigenvalue weighted by Gasteiger charge is 2.27. The summed E-state index contributed by atoms with van der Waals surface area (Å²) in [6.07, 6.45) is 0. The summed E-state index contributed by atoms with van der Waals surface area (Å²) in [5.74, 6) is -0.532. The Kier molecular flexibility index (Phi) is 3.92. The lowest BCUT2D eigenvalue weighted by Crippen LogP contribution is -2.32. The van der Waals surface area contributed by atoms with E-state index in [4.69, 9.17) is 11.6 Å². The van der Waals surface area contributed by atoms with Crippen molar-refractivity contribution in [1.29, 1.82) is 0 Å². The molecule has 1 aromatic carbocycles. The van der Waals surface area contributed by atoms with E-state index in [1.165, 1.54) is 6.07 Å². The first kappa shape index (κ1) is 13.0. The van der Waals surface area contributed by atoms with Crippen LogP contribution in [-0.4, -0.2) is 11.8 Å². The predicted molar refractivity (Wildman–Crippen MR) is 64.3 cm³/mol. The highest BCUT2D eigenvalue weighted by atomic mass is 35.5. The minimum atomic E-state index is -0.709. The van der Waals surface area contributed by atoms with Crippen molar-refractivity contribution in [3.05, 3.63) is 29.6 Å². The number of nitrogens with one attached hydrogen (secondary N) is 1. The Balaban J connectivity index is 2.85. The summed E-state index contributed by atoms with van der Waals surface area (Å²) in [5, 5.41) is 2.53. The highest BCUT2D eigenvalue weighted by molar-refractivity contribution is 6.20. The molecule has 0 aromatic heterocycles. The van der Waals surface area contributed by atoms with Crippen molar-refractivity contribution in [1.82, 2.24) is 0 Å². The number of anilines is 1. The van der Waals surface area contributed by atoms with Gasteiger partial charge in [-0.2, -0.15) is 0 Å². The van der Waals surface area contributed by atoms with Gasteiger partial charge in [-0.05, 0) is 38.5 Å². The second kappa shape index (κ2) is 4.83. The molecule has 0 unspecified atom stereocenters. The van der Waals surface area contributed by atoms with Crippen LogP contribution in [0.5, 0.6) is 0 Å². The Bertz CT molecular complexity index is 404. The largest absolute Gasteiger partial charge is 0.323 e. The van der Waals surface area contributed by atoms with E-state index < -0.39 is 11.2 Å². The molecule has 0 atom stereocenters. The van der Waals surface area contributed by atoms with Gasteiger partial charge < -0.3 is 5.32 Å². The fraction of sp³-hybridized carbons (Fsp3) is 0.417. The zero-order valence-electron chi connectivity index (χ0n) is 9.60. The smallest absolute Gasteiger partial charge is 0.231 e. The van der Waals surface area contributed by atoms with E-state index in [1.807, 2.05) is 0 Å². The molecular weight excluding hydrogens is 229 g/mol. The van der Waals surface area contributed by atoms with Gasteiger partial charge in [-0.3, -0.25) is 4.79 Å². The van der Waals surface area contributed by atoms with E-state index in [2.05, 4.69) is 5.32 Å². The Labute approximate surface area is 99.8 Å². The first-order chi connectivity index (χ1) is 7.36. The number of carbonyl (C=O) groups excluding carboxylic acids is 1. The van der Waals surface area contributed by atoms with Crippen LogP contribution in [-0.2, 0) is 4.79 Å². The normalized spacial score (nSPS) is 11.3. The van der Waals surface area contributed by atoms with Gasteiger partial charge >= 0.3 is 0 Å². The molecular formula is C12H15ClFNO. The standard InChI is InChI=1S/C12H15ClFNO/c1-8-4-5-10(9(14)6-8)15-11(16)12(2,3)7-13/h4-6H,7H2,1-3H3,(H,15,16). The Hall–Kier alpha value is -1.09. The van der Waals surface area contributed by atoms with Crippen LogP contribution in [0.15, 0.2) is 18.2 Å². The van der Waals surface area contributed by atoms with E-state index in [9.17, 15) is 9.18 Å². The Morgan fingerprint density at radius 3 is 2.62 bits per heavy atom. The molecule has 0 spiro atoms. The summed E-state index contributed by atoms with van der Waals surface area (Å²) in [6, 6.07) is 4.67. The highest BCUT2D eigenvalue weighted by Crippen LogP contribution is 2.22. The van der Waals surface area contributed by atoms with Gasteiger partial charge in [0.1, 0.15) is 5.82 Å². The van der Waals surface area contributed by atoms with Gasteiger partial charge in [0.25, 0.3) is 0 Å². The van der Waals surface area contributed by atoms with Crippen LogP contribution in [0.25, 0.3) is 0 Å². The third-order valence-corrected chi connectivity index (χ3v) is 2.99. The summed E-state index contributed by atoms with van der Waals surface area (Å²) >= 11 is 5.66. The predicted octanol–water partition coefficient (Wildman–Crippen LogP) is 3.34. The molecule has 0 saturated carbocycles. The maximum Gasteiger partial charge on any atom is 0.231 e. The average molecular weight is 244 g/mol. The maximum atomic E-state index is 13.5. The molecule has 0 radical (unpaired) electrons. The number of rotatable bonds is 3.